The van der Waals surface area contributed by atoms with Crippen LogP contribution in [-0.2, 0) is 26.2 Å². The molecule has 0 aromatic heterocycles. The average Bonchev–Trinajstić information content (AvgIpc) is 3.98. The van der Waals surface area contributed by atoms with Crippen LogP contribution in [0.5, 0.6) is 17.2 Å². The number of carboxylic acids is 1. The van der Waals surface area contributed by atoms with Gasteiger partial charge >= 0.3 is 11.9 Å². The van der Waals surface area contributed by atoms with E-state index in [-0.39, 0.29) is 17.4 Å². The van der Waals surface area contributed by atoms with E-state index in [0.717, 1.165) is 41.7 Å². The quantitative estimate of drug-likeness (QED) is 0.0884. The van der Waals surface area contributed by atoms with Gasteiger partial charge in [0.2, 0.25) is 0 Å². The number of amides is 1. The Morgan fingerprint density at radius 2 is 1.82 bits per heavy atom. The Labute approximate surface area is 344 Å². The molecule has 1 amide bonds. The number of phenolic OH excluding ortho intramolecular Hbond substituents is 2. The number of benzene rings is 3. The van der Waals surface area contributed by atoms with Crippen molar-refractivity contribution in [2.75, 3.05) is 18.2 Å². The van der Waals surface area contributed by atoms with E-state index < -0.39 is 83.2 Å². The number of aliphatic hydroxyl groups is 5. The minimum absolute atomic E-state index is 0.0256. The van der Waals surface area contributed by atoms with Gasteiger partial charge in [0.1, 0.15) is 30.7 Å². The van der Waals surface area contributed by atoms with Crippen molar-refractivity contribution in [1.29, 1.82) is 0 Å². The molecule has 8 N–H and O–H groups in total. The molecule has 1 saturated carbocycles. The van der Waals surface area contributed by atoms with Gasteiger partial charge in [0.15, 0.2) is 23.1 Å². The summed E-state index contributed by atoms with van der Waals surface area (Å²) in [5, 5.41) is 86.5. The van der Waals surface area contributed by atoms with Crippen molar-refractivity contribution < 1.29 is 59.9 Å². The van der Waals surface area contributed by atoms with Gasteiger partial charge in [-0.2, -0.15) is 0 Å². The van der Waals surface area contributed by atoms with E-state index in [9.17, 15) is 50.4 Å². The van der Waals surface area contributed by atoms with E-state index in [0.29, 0.717) is 35.5 Å². The molecule has 0 bridgehead atoms. The largest absolute Gasteiger partial charge is 0.508 e. The van der Waals surface area contributed by atoms with Crippen LogP contribution in [0, 0.1) is 11.8 Å². The highest BCUT2D eigenvalue weighted by atomic mass is 16.8. The number of carbonyl (C=O) groups is 2. The number of aliphatic carboxylic acids is 1. The summed E-state index contributed by atoms with van der Waals surface area (Å²) in [5.74, 6) is -7.73. The number of aromatic hydroxyl groups is 2. The van der Waals surface area contributed by atoms with Gasteiger partial charge in [0.05, 0.1) is 18.0 Å². The van der Waals surface area contributed by atoms with Crippen molar-refractivity contribution in [2.24, 2.45) is 21.8 Å². The maximum atomic E-state index is 14.8. The Morgan fingerprint density at radius 1 is 1.00 bits per heavy atom. The summed E-state index contributed by atoms with van der Waals surface area (Å²) >= 11 is 0. The number of carbonyl (C=O) groups excluding carboxylic acids is 1. The second-order valence-corrected chi connectivity index (χ2v) is 16.4. The molecular weight excluding hydrogens is 775 g/mol. The summed E-state index contributed by atoms with van der Waals surface area (Å²) in [7, 11) is 0. The molecule has 3 aliphatic heterocycles. The van der Waals surface area contributed by atoms with Gasteiger partial charge in [-0.1, -0.05) is 67.5 Å². The van der Waals surface area contributed by atoms with Crippen LogP contribution < -0.4 is 9.64 Å². The predicted molar refractivity (Wildman–Crippen MR) is 218 cm³/mol. The molecule has 0 radical (unpaired) electrons. The van der Waals surface area contributed by atoms with Crippen molar-refractivity contribution in [3.05, 3.63) is 107 Å². The first-order chi connectivity index (χ1) is 28.8. The minimum atomic E-state index is -3.12. The Balaban J connectivity index is 1.17. The lowest BCUT2D eigenvalue weighted by molar-refractivity contribution is -0.422. The van der Waals surface area contributed by atoms with Gasteiger partial charge in [-0.3, -0.25) is 19.7 Å². The summed E-state index contributed by atoms with van der Waals surface area (Å²) in [4.78, 5) is 38.4. The van der Waals surface area contributed by atoms with Crippen LogP contribution in [-0.4, -0.2) is 114 Å². The first kappa shape index (κ1) is 39.8. The molecule has 312 valence electrons. The van der Waals surface area contributed by atoms with E-state index >= 15 is 0 Å². The van der Waals surface area contributed by atoms with Crippen molar-refractivity contribution in [1.82, 2.24) is 0 Å². The fourth-order valence-electron chi connectivity index (χ4n) is 10.5. The molecule has 3 heterocycles. The SMILES string of the molecule is O=C(C=Cc1ccc(O)c(CC2=NCN=C2)c1)N1c2cc(O[C@@]3(O)O[C@H](CO)[C@@H](O)[C@H](O)[C@H]3O)c(O)cc2[C@H]2[C@@H]([C@@]34CCCC[C@H]3C=Cc3ccccc34)C=C[C@@]21C(=O)O. The smallest absolute Gasteiger partial charge is 0.355 e. The van der Waals surface area contributed by atoms with Crippen LogP contribution in [0.15, 0.2) is 88.9 Å². The number of aliphatic hydroxyl groups excluding tert-OH is 4. The van der Waals surface area contributed by atoms with Crippen molar-refractivity contribution in [3.8, 4) is 17.2 Å². The van der Waals surface area contributed by atoms with Gasteiger partial charge in [0.25, 0.3) is 5.91 Å². The highest BCUT2D eigenvalue weighted by Crippen LogP contribution is 2.66. The number of carboxylic acid groups (broad SMARTS) is 1. The van der Waals surface area contributed by atoms with E-state index in [1.807, 2.05) is 24.3 Å². The van der Waals surface area contributed by atoms with E-state index in [1.54, 1.807) is 24.4 Å². The lowest BCUT2D eigenvalue weighted by atomic mass is 9.51. The third-order valence-corrected chi connectivity index (χ3v) is 13.3. The maximum Gasteiger partial charge on any atom is 0.355 e. The molecule has 2 fully saturated rings. The Bertz CT molecular complexity index is 2410. The fourth-order valence-corrected chi connectivity index (χ4v) is 10.5. The summed E-state index contributed by atoms with van der Waals surface area (Å²) in [6.07, 6.45) is 8.13. The zero-order chi connectivity index (χ0) is 42.1. The monoisotopic (exact) mass is 819 g/mol. The van der Waals surface area contributed by atoms with Crippen LogP contribution in [0.25, 0.3) is 12.2 Å². The maximum absolute atomic E-state index is 14.8. The number of ether oxygens (including phenoxy) is 2. The number of hydrogen-bond acceptors (Lipinski definition) is 13. The molecule has 10 atom stereocenters. The van der Waals surface area contributed by atoms with Crippen LogP contribution >= 0.6 is 0 Å². The second-order valence-electron chi connectivity index (χ2n) is 16.4. The average molecular weight is 820 g/mol. The zero-order valence-electron chi connectivity index (χ0n) is 32.3. The molecule has 60 heavy (non-hydrogen) atoms. The van der Waals surface area contributed by atoms with Gasteiger partial charge in [-0.15, -0.1) is 0 Å². The number of nitrogens with zero attached hydrogens (tertiary/aromatic N) is 3. The second kappa shape index (κ2) is 14.8. The Hall–Kier alpha value is -5.68. The summed E-state index contributed by atoms with van der Waals surface area (Å²) in [5.41, 5.74) is 1.58. The number of hydrogen-bond donors (Lipinski definition) is 8. The molecule has 6 aliphatic rings. The van der Waals surface area contributed by atoms with Gasteiger partial charge in [-0.25, -0.2) is 4.79 Å². The number of aliphatic imine (C=N–C) groups is 2. The van der Waals surface area contributed by atoms with Gasteiger partial charge < -0.3 is 50.3 Å². The number of anilines is 1. The number of rotatable bonds is 9. The van der Waals surface area contributed by atoms with Crippen LogP contribution in [0.1, 0.15) is 59.4 Å². The molecule has 3 aromatic carbocycles. The van der Waals surface area contributed by atoms with Crippen molar-refractivity contribution in [3.63, 3.8) is 0 Å². The summed E-state index contributed by atoms with van der Waals surface area (Å²) in [6, 6.07) is 15.3. The lowest BCUT2D eigenvalue weighted by Gasteiger charge is -2.52. The van der Waals surface area contributed by atoms with Gasteiger partial charge in [-0.05, 0) is 71.2 Å². The Kier molecular flexibility index (Phi) is 9.81. The first-order valence-electron chi connectivity index (χ1n) is 20.0. The van der Waals surface area contributed by atoms with Gasteiger partial charge in [0, 0.05) is 41.7 Å². The third-order valence-electron chi connectivity index (χ3n) is 13.3. The summed E-state index contributed by atoms with van der Waals surface area (Å²) < 4.78 is 11.0. The molecule has 15 heteroatoms. The van der Waals surface area contributed by atoms with E-state index in [1.165, 1.54) is 30.4 Å². The molecule has 15 nitrogen and oxygen atoms in total. The molecule has 9 rings (SSSR count). The fraction of sp³-hybridized carbons (Fsp3) is 0.378. The van der Waals surface area contributed by atoms with E-state index in [2.05, 4.69) is 28.2 Å². The summed E-state index contributed by atoms with van der Waals surface area (Å²) in [6.45, 7) is -0.579. The minimum Gasteiger partial charge on any atom is -0.508 e. The molecule has 1 saturated heterocycles. The lowest BCUT2D eigenvalue weighted by Crippen LogP contribution is -2.67. The van der Waals surface area contributed by atoms with Crippen molar-refractivity contribution in [2.45, 2.75) is 79.4 Å². The zero-order valence-corrected chi connectivity index (χ0v) is 32.3. The highest BCUT2D eigenvalue weighted by molar-refractivity contribution is 6.32. The number of allylic oxidation sites excluding steroid dienone is 2. The standard InChI is InChI=1S/C45H45N3O12/c49-22-36-39(53)40(54)41(55)45(58,60-36)59-35-20-32-29(19-34(35)51)38-31(43-15-4-3-6-27(43)11-10-25-5-1-2-7-30(25)43)14-16-44(38,42(56)57)48(32)37(52)13-9-24-8-12-33(50)26(17-24)18-28-21-46-23-47-28/h1-2,5,7-14,16-17,19-21,27,31,36,38-41,49-51,53-55,58H,3-4,6,15,18,22-23H2,(H,56,57)/t27-,31-,36+,38-,39+,40-,41+,43-,44-,45+/m0/s1. The molecule has 0 unspecified atom stereocenters. The number of fused-ring (bicyclic) bond motifs is 6. The van der Waals surface area contributed by atoms with Crippen LogP contribution in [0.3, 0.4) is 0 Å². The molecular formula is C45H45N3O12. The Morgan fingerprint density at radius 3 is 2.58 bits per heavy atom. The number of phenols is 2. The van der Waals surface area contributed by atoms with Crippen molar-refractivity contribution >= 4 is 41.6 Å². The normalized spacial score (nSPS) is 33.6. The first-order valence-corrected chi connectivity index (χ1v) is 20.0. The third kappa shape index (κ3) is 6.02. The van der Waals surface area contributed by atoms with Crippen LogP contribution in [0.4, 0.5) is 5.69 Å². The predicted octanol–water partition coefficient (Wildman–Crippen LogP) is 2.93. The highest BCUT2D eigenvalue weighted by Gasteiger charge is 2.67. The molecule has 0 spiro atoms. The van der Waals surface area contributed by atoms with Crippen LogP contribution in [0.2, 0.25) is 0 Å². The molecule has 3 aliphatic carbocycles. The molecule has 3 aromatic rings. The van der Waals surface area contributed by atoms with E-state index in [4.69, 9.17) is 9.47 Å². The topological polar surface area (TPSA) is 242 Å².